The predicted octanol–water partition coefficient (Wildman–Crippen LogP) is 37.8. The lowest BCUT2D eigenvalue weighted by atomic mass is 9.77. The fourth-order valence-corrected chi connectivity index (χ4v) is 26.8. The molecule has 0 N–H and O–H groups in total. The zero-order valence-corrected chi connectivity index (χ0v) is 75.4. The number of benzene rings is 20. The van der Waals surface area contributed by atoms with E-state index in [-0.39, 0.29) is 0 Å². The molecule has 20 aromatic carbocycles. The molecule has 24 aromatic rings. The van der Waals surface area contributed by atoms with Gasteiger partial charge in [0.2, 0.25) is 0 Å². The minimum absolute atomic E-state index is 0.512. The first-order chi connectivity index (χ1) is 63.1. The Kier molecular flexibility index (Phi) is 18.8. The molecule has 4 aromatic heterocycles. The SMILES string of the molecule is Cc1cc(C)cc(N(c2ccc3sc4ccccc4c3c2)c2ccc3ccc4c(N(c5cc(C)cc(C)c5)c5ccc6sc7ccccc7c6c5)ccc5ccc2c3c54)c1.c1ccc(N(c2ccc3sc4ccccc4c3c2)c2cc(C3CCCCC3)c3ccc4c(N(c5ccccc5)c5ccc6sc7ccccc7c6c5)cc(C5CCCCC5)c5ccc2c3c54)cc1. The van der Waals surface area contributed by atoms with Crippen molar-refractivity contribution in [2.45, 2.75) is 104 Å². The second kappa shape index (κ2) is 31.3. The van der Waals surface area contributed by atoms with Gasteiger partial charge in [-0.2, -0.15) is 0 Å². The molecule has 0 spiro atoms. The number of para-hydroxylation sites is 2. The largest absolute Gasteiger partial charge is 0.310 e. The minimum atomic E-state index is 0.512. The first-order valence-corrected chi connectivity index (χ1v) is 49.0. The molecule has 0 atom stereocenters. The number of hydrogen-bond donors (Lipinski definition) is 0. The van der Waals surface area contributed by atoms with Gasteiger partial charge in [-0.15, -0.1) is 45.3 Å². The molecule has 0 saturated heterocycles. The smallest absolute Gasteiger partial charge is 0.0543 e. The zero-order chi connectivity index (χ0) is 84.9. The Morgan fingerprint density at radius 1 is 0.188 bits per heavy atom. The highest BCUT2D eigenvalue weighted by Gasteiger charge is 2.32. The third-order valence-electron chi connectivity index (χ3n) is 28.0. The Bertz CT molecular complexity index is 7970. The molecular weight excluding hydrogens is 1630 g/mol. The van der Waals surface area contributed by atoms with Crippen molar-refractivity contribution in [3.63, 3.8) is 0 Å². The van der Waals surface area contributed by atoms with Gasteiger partial charge in [0.15, 0.2) is 0 Å². The van der Waals surface area contributed by atoms with E-state index >= 15 is 0 Å². The van der Waals surface area contributed by atoms with E-state index in [1.807, 2.05) is 45.3 Å². The van der Waals surface area contributed by atoms with Crippen LogP contribution in [0.25, 0.3) is 145 Å². The van der Waals surface area contributed by atoms with Crippen LogP contribution in [0.15, 0.2) is 352 Å². The average molecular weight is 1720 g/mol. The molecule has 2 saturated carbocycles. The summed E-state index contributed by atoms with van der Waals surface area (Å²) in [5.41, 5.74) is 22.3. The number of hydrogen-bond acceptors (Lipinski definition) is 8. The molecular formula is C120H92N4S4. The molecule has 26 rings (SSSR count). The molecule has 4 nitrogen and oxygen atoms in total. The summed E-state index contributed by atoms with van der Waals surface area (Å²) >= 11 is 7.52. The van der Waals surface area contributed by atoms with Gasteiger partial charge in [-0.05, 0) is 312 Å². The maximum Gasteiger partial charge on any atom is 0.0543 e. The Labute approximate surface area is 761 Å². The summed E-state index contributed by atoms with van der Waals surface area (Å²) in [6.07, 6.45) is 12.8. The van der Waals surface area contributed by atoms with Crippen LogP contribution < -0.4 is 19.6 Å². The number of nitrogens with zero attached hydrogens (tertiary/aromatic N) is 4. The Morgan fingerprint density at radius 3 is 0.797 bits per heavy atom. The van der Waals surface area contributed by atoms with Crippen molar-refractivity contribution in [2.75, 3.05) is 19.6 Å². The van der Waals surface area contributed by atoms with Crippen LogP contribution in [-0.4, -0.2) is 0 Å². The van der Waals surface area contributed by atoms with E-state index in [0.29, 0.717) is 11.8 Å². The molecule has 2 aliphatic rings. The minimum Gasteiger partial charge on any atom is -0.310 e. The molecule has 0 aliphatic heterocycles. The maximum absolute atomic E-state index is 2.63. The average Bonchev–Trinajstić information content (AvgIpc) is 0.804. The lowest BCUT2D eigenvalue weighted by molar-refractivity contribution is 0.445. The molecule has 0 amide bonds. The summed E-state index contributed by atoms with van der Waals surface area (Å²) in [6, 6.07) is 134. The van der Waals surface area contributed by atoms with Crippen LogP contribution >= 0.6 is 45.3 Å². The van der Waals surface area contributed by atoms with Crippen molar-refractivity contribution in [3.05, 3.63) is 385 Å². The van der Waals surface area contributed by atoms with Crippen LogP contribution in [0.5, 0.6) is 0 Å². The third-order valence-corrected chi connectivity index (χ3v) is 32.6. The van der Waals surface area contributed by atoms with Crippen molar-refractivity contribution in [1.82, 2.24) is 0 Å². The van der Waals surface area contributed by atoms with E-state index in [1.165, 1.54) is 300 Å². The van der Waals surface area contributed by atoms with Crippen LogP contribution in [0, 0.1) is 27.7 Å². The van der Waals surface area contributed by atoms with Gasteiger partial charge in [0.05, 0.1) is 22.7 Å². The highest BCUT2D eigenvalue weighted by Crippen LogP contribution is 2.57. The summed E-state index contributed by atoms with van der Waals surface area (Å²) in [6.45, 7) is 8.82. The molecule has 0 bridgehead atoms. The topological polar surface area (TPSA) is 13.0 Å². The lowest BCUT2D eigenvalue weighted by Crippen LogP contribution is -2.14. The van der Waals surface area contributed by atoms with E-state index in [1.54, 1.807) is 0 Å². The predicted molar refractivity (Wildman–Crippen MR) is 561 cm³/mol. The quantitative estimate of drug-likeness (QED) is 0.101. The van der Waals surface area contributed by atoms with Crippen LogP contribution in [0.4, 0.5) is 68.2 Å². The van der Waals surface area contributed by atoms with Gasteiger partial charge >= 0.3 is 0 Å². The highest BCUT2D eigenvalue weighted by atomic mass is 32.1. The van der Waals surface area contributed by atoms with Crippen LogP contribution in [0.3, 0.4) is 0 Å². The summed E-state index contributed by atoms with van der Waals surface area (Å²) in [4.78, 5) is 10.1. The molecule has 2 fully saturated rings. The summed E-state index contributed by atoms with van der Waals surface area (Å²) in [7, 11) is 0. The second-order valence-corrected chi connectivity index (χ2v) is 40.5. The van der Waals surface area contributed by atoms with Crippen molar-refractivity contribution in [3.8, 4) is 0 Å². The standard InChI is InChI=1S/C64H52N2S2.C56H40N2S2/c1-5-17-41(18-6-1)53-39-57(65(43-21-9-3-10-22-43)45-29-35-61-55(37-45)47-25-13-15-27-59(47)67-61)51-34-32-50-54(42-19-7-2-8-20-42)40-58(52-33-31-49(53)63(51)64(50)52)66(44-23-11-4-12-24-44)46-30-36-62-56(38-46)48-26-14-16-28-60(48)68-62;1-33-25-34(2)28-41(27-33)57(39-17-23-53-47(31-39)43-9-5-7-11-51(43)59-53)49-21-15-37-14-20-46-50(22-16-38-13-19-45(49)55(37)56(38)46)58(42-29-35(3)26-36(4)30-42)40-18-24-54-48(32-40)44-10-6-8-12-52(44)60-54/h3-4,9-16,21-42H,1-2,5-8,17-20H2;5-32H,1-4H3. The van der Waals surface area contributed by atoms with Crippen molar-refractivity contribution < 1.29 is 0 Å². The first kappa shape index (κ1) is 76.9. The molecule has 4 heterocycles. The fraction of sp³-hybridized carbons (Fsp3) is 0.133. The highest BCUT2D eigenvalue weighted by molar-refractivity contribution is 7.27. The number of rotatable bonds is 14. The van der Waals surface area contributed by atoms with Crippen LogP contribution in [-0.2, 0) is 0 Å². The monoisotopic (exact) mass is 1720 g/mol. The van der Waals surface area contributed by atoms with E-state index in [4.69, 9.17) is 0 Å². The number of fused-ring (bicyclic) bond motifs is 12. The van der Waals surface area contributed by atoms with Crippen molar-refractivity contribution in [2.24, 2.45) is 0 Å². The summed E-state index contributed by atoms with van der Waals surface area (Å²) in [5, 5.41) is 26.4. The van der Waals surface area contributed by atoms with Gasteiger partial charge in [0, 0.05) is 148 Å². The lowest BCUT2D eigenvalue weighted by Gasteiger charge is -2.33. The molecule has 0 radical (unpaired) electrons. The fourth-order valence-electron chi connectivity index (χ4n) is 22.5. The van der Waals surface area contributed by atoms with Gasteiger partial charge < -0.3 is 19.6 Å². The van der Waals surface area contributed by atoms with E-state index in [2.05, 4.69) is 399 Å². The third kappa shape index (κ3) is 13.0. The van der Waals surface area contributed by atoms with Gasteiger partial charge in [-0.25, -0.2) is 0 Å². The van der Waals surface area contributed by atoms with E-state index in [9.17, 15) is 0 Å². The van der Waals surface area contributed by atoms with E-state index in [0.717, 1.165) is 11.4 Å². The Hall–Kier alpha value is -13.4. The zero-order valence-electron chi connectivity index (χ0n) is 72.1. The van der Waals surface area contributed by atoms with Gasteiger partial charge in [-0.3, -0.25) is 0 Å². The molecule has 2 aliphatic carbocycles. The second-order valence-electron chi connectivity index (χ2n) is 36.1. The summed E-state index contributed by atoms with van der Waals surface area (Å²) < 4.78 is 10.6. The molecule has 128 heavy (non-hydrogen) atoms. The maximum atomic E-state index is 2.63. The molecule has 0 unspecified atom stereocenters. The Balaban J connectivity index is 0.000000140. The summed E-state index contributed by atoms with van der Waals surface area (Å²) in [5.74, 6) is 1.02. The van der Waals surface area contributed by atoms with Crippen molar-refractivity contribution in [1.29, 1.82) is 0 Å². The van der Waals surface area contributed by atoms with Crippen LogP contribution in [0.2, 0.25) is 0 Å². The molecule has 616 valence electrons. The normalized spacial score (nSPS) is 13.7. The first-order valence-electron chi connectivity index (χ1n) is 45.7. The number of anilines is 12. The van der Waals surface area contributed by atoms with Gasteiger partial charge in [0.1, 0.15) is 0 Å². The number of aryl methyl sites for hydroxylation is 4. The van der Waals surface area contributed by atoms with Crippen LogP contribution in [0.1, 0.15) is 109 Å². The van der Waals surface area contributed by atoms with Gasteiger partial charge in [0.25, 0.3) is 0 Å². The number of thiophene rings is 4. The van der Waals surface area contributed by atoms with Crippen molar-refractivity contribution >= 4 is 259 Å². The van der Waals surface area contributed by atoms with E-state index < -0.39 is 0 Å². The molecule has 8 heteroatoms. The Morgan fingerprint density at radius 2 is 0.461 bits per heavy atom. The van der Waals surface area contributed by atoms with Gasteiger partial charge in [-0.1, -0.05) is 221 Å².